The molecule has 2 aromatic rings. The topological polar surface area (TPSA) is 19.4 Å². The van der Waals surface area contributed by atoms with Crippen molar-refractivity contribution in [2.75, 3.05) is 25.5 Å². The second-order valence-electron chi connectivity index (χ2n) is 6.33. The van der Waals surface area contributed by atoms with Gasteiger partial charge in [-0.1, -0.05) is 24.6 Å². The number of benzene rings is 1. The van der Waals surface area contributed by atoms with Gasteiger partial charge in [-0.25, -0.2) is 0 Å². The molecule has 0 radical (unpaired) electrons. The van der Waals surface area contributed by atoms with E-state index in [1.165, 1.54) is 42.6 Å². The van der Waals surface area contributed by atoms with Crippen LogP contribution in [0.1, 0.15) is 36.4 Å². The lowest BCUT2D eigenvalue weighted by molar-refractivity contribution is 0.140. The lowest BCUT2D eigenvalue weighted by Gasteiger charge is -2.36. The molecule has 2 heterocycles. The van der Waals surface area contributed by atoms with Gasteiger partial charge in [-0.3, -0.25) is 9.88 Å². The van der Waals surface area contributed by atoms with Crippen molar-refractivity contribution in [3.63, 3.8) is 0 Å². The van der Waals surface area contributed by atoms with E-state index in [2.05, 4.69) is 59.2 Å². The molecule has 0 bridgehead atoms. The zero-order chi connectivity index (χ0) is 15.4. The van der Waals surface area contributed by atoms with Crippen LogP contribution in [0.25, 0.3) is 0 Å². The van der Waals surface area contributed by atoms with Gasteiger partial charge < -0.3 is 4.90 Å². The Morgan fingerprint density at radius 2 is 1.91 bits per heavy atom. The molecule has 1 aromatic carbocycles. The fraction of sp³-hybridized carbons (Fsp3) is 0.421. The van der Waals surface area contributed by atoms with Gasteiger partial charge in [0.2, 0.25) is 0 Å². The van der Waals surface area contributed by atoms with Crippen LogP contribution >= 0.6 is 12.4 Å². The molecular formula is C19H26ClN3. The maximum absolute atomic E-state index is 4.30. The van der Waals surface area contributed by atoms with Crippen LogP contribution in [0.3, 0.4) is 0 Å². The monoisotopic (exact) mass is 331 g/mol. The van der Waals surface area contributed by atoms with E-state index < -0.39 is 0 Å². The normalized spacial score (nSPS) is 18.3. The summed E-state index contributed by atoms with van der Waals surface area (Å²) >= 11 is 0. The number of pyridine rings is 1. The molecule has 0 aliphatic carbocycles. The number of hydrogen-bond acceptors (Lipinski definition) is 3. The molecule has 1 aromatic heterocycles. The third-order valence-electron chi connectivity index (χ3n) is 4.52. The van der Waals surface area contributed by atoms with Crippen molar-refractivity contribution in [3.8, 4) is 0 Å². The van der Waals surface area contributed by atoms with E-state index in [0.29, 0.717) is 6.04 Å². The summed E-state index contributed by atoms with van der Waals surface area (Å²) in [4.78, 5) is 9.04. The van der Waals surface area contributed by atoms with Crippen LogP contribution in [0.5, 0.6) is 0 Å². The lowest BCUT2D eigenvalue weighted by Crippen LogP contribution is -2.33. The summed E-state index contributed by atoms with van der Waals surface area (Å²) in [5.41, 5.74) is 4.00. The summed E-state index contributed by atoms with van der Waals surface area (Å²) in [5.74, 6) is 0. The van der Waals surface area contributed by atoms with Crippen molar-refractivity contribution in [2.45, 2.75) is 31.8 Å². The van der Waals surface area contributed by atoms with Gasteiger partial charge in [0.1, 0.15) is 0 Å². The summed E-state index contributed by atoms with van der Waals surface area (Å²) < 4.78 is 0. The van der Waals surface area contributed by atoms with E-state index in [9.17, 15) is 0 Å². The van der Waals surface area contributed by atoms with E-state index in [0.717, 1.165) is 6.54 Å². The van der Waals surface area contributed by atoms with Crippen LogP contribution in [0.15, 0.2) is 48.8 Å². The Bertz CT molecular complexity index is 583. The Morgan fingerprint density at radius 3 is 2.57 bits per heavy atom. The van der Waals surface area contributed by atoms with Crippen LogP contribution in [-0.4, -0.2) is 30.5 Å². The minimum Gasteiger partial charge on any atom is -0.378 e. The molecular weight excluding hydrogens is 306 g/mol. The predicted molar refractivity (Wildman–Crippen MR) is 99.3 cm³/mol. The first-order valence-electron chi connectivity index (χ1n) is 8.14. The van der Waals surface area contributed by atoms with Gasteiger partial charge in [0.05, 0.1) is 0 Å². The number of rotatable bonds is 4. The molecule has 1 fully saturated rings. The third kappa shape index (κ3) is 4.46. The maximum atomic E-state index is 4.30. The summed E-state index contributed by atoms with van der Waals surface area (Å²) in [7, 11) is 4.16. The number of halogens is 1. The SMILES string of the molecule is CN(C)c1ccc(CN2CCCCC2c2cccnc2)cc1.Cl. The van der Waals surface area contributed by atoms with Gasteiger partial charge in [0.25, 0.3) is 0 Å². The quantitative estimate of drug-likeness (QED) is 0.832. The first-order chi connectivity index (χ1) is 10.7. The Kier molecular flexibility index (Phi) is 6.43. The van der Waals surface area contributed by atoms with Crippen molar-refractivity contribution in [2.24, 2.45) is 0 Å². The van der Waals surface area contributed by atoms with Gasteiger partial charge in [0.15, 0.2) is 0 Å². The zero-order valence-corrected chi connectivity index (χ0v) is 14.8. The van der Waals surface area contributed by atoms with Gasteiger partial charge >= 0.3 is 0 Å². The van der Waals surface area contributed by atoms with Gasteiger partial charge in [0, 0.05) is 44.8 Å². The third-order valence-corrected chi connectivity index (χ3v) is 4.52. The first kappa shape index (κ1) is 17.8. The van der Waals surface area contributed by atoms with Crippen LogP contribution in [-0.2, 0) is 6.54 Å². The number of hydrogen-bond donors (Lipinski definition) is 0. The molecule has 0 N–H and O–H groups in total. The standard InChI is InChI=1S/C19H25N3.ClH/c1-21(2)18-10-8-16(9-11-18)15-22-13-4-3-7-19(22)17-6-5-12-20-14-17;/h5-6,8-12,14,19H,3-4,7,13,15H2,1-2H3;1H. The largest absolute Gasteiger partial charge is 0.378 e. The highest BCUT2D eigenvalue weighted by Gasteiger charge is 2.23. The lowest BCUT2D eigenvalue weighted by atomic mass is 9.96. The molecule has 3 rings (SSSR count). The van der Waals surface area contributed by atoms with E-state index >= 15 is 0 Å². The smallest absolute Gasteiger partial charge is 0.0366 e. The Hall–Kier alpha value is -1.58. The van der Waals surface area contributed by atoms with Gasteiger partial charge in [-0.15, -0.1) is 12.4 Å². The average Bonchev–Trinajstić information content (AvgIpc) is 2.57. The van der Waals surface area contributed by atoms with Crippen molar-refractivity contribution >= 4 is 18.1 Å². The fourth-order valence-corrected chi connectivity index (χ4v) is 3.26. The van der Waals surface area contributed by atoms with Crippen LogP contribution in [0.4, 0.5) is 5.69 Å². The molecule has 3 nitrogen and oxygen atoms in total. The number of piperidine rings is 1. The molecule has 1 saturated heterocycles. The molecule has 1 atom stereocenters. The molecule has 0 amide bonds. The highest BCUT2D eigenvalue weighted by Crippen LogP contribution is 2.31. The van der Waals surface area contributed by atoms with E-state index in [-0.39, 0.29) is 12.4 Å². The van der Waals surface area contributed by atoms with Gasteiger partial charge in [-0.2, -0.15) is 0 Å². The first-order valence-corrected chi connectivity index (χ1v) is 8.14. The van der Waals surface area contributed by atoms with Crippen molar-refractivity contribution in [1.82, 2.24) is 9.88 Å². The highest BCUT2D eigenvalue weighted by molar-refractivity contribution is 5.85. The van der Waals surface area contributed by atoms with E-state index in [1.807, 2.05) is 18.5 Å². The molecule has 1 aliphatic heterocycles. The minimum atomic E-state index is 0. The fourth-order valence-electron chi connectivity index (χ4n) is 3.26. The number of aromatic nitrogens is 1. The van der Waals surface area contributed by atoms with Crippen molar-refractivity contribution in [1.29, 1.82) is 0 Å². The molecule has 0 spiro atoms. The second kappa shape index (κ2) is 8.32. The van der Waals surface area contributed by atoms with Crippen LogP contribution < -0.4 is 4.90 Å². The molecule has 124 valence electrons. The summed E-state index contributed by atoms with van der Waals surface area (Å²) in [6.45, 7) is 2.20. The number of nitrogens with zero attached hydrogens (tertiary/aromatic N) is 3. The maximum Gasteiger partial charge on any atom is 0.0366 e. The number of likely N-dealkylation sites (tertiary alicyclic amines) is 1. The minimum absolute atomic E-state index is 0. The summed E-state index contributed by atoms with van der Waals surface area (Å²) in [6, 6.07) is 13.7. The Balaban J connectivity index is 0.00000192. The Labute approximate surface area is 145 Å². The second-order valence-corrected chi connectivity index (χ2v) is 6.33. The highest BCUT2D eigenvalue weighted by atomic mass is 35.5. The predicted octanol–water partition coefficient (Wildman–Crippen LogP) is 4.30. The average molecular weight is 332 g/mol. The van der Waals surface area contributed by atoms with Crippen LogP contribution in [0, 0.1) is 0 Å². The molecule has 1 unspecified atom stereocenters. The molecule has 0 saturated carbocycles. The van der Waals surface area contributed by atoms with Crippen molar-refractivity contribution < 1.29 is 0 Å². The van der Waals surface area contributed by atoms with Crippen LogP contribution in [0.2, 0.25) is 0 Å². The summed E-state index contributed by atoms with van der Waals surface area (Å²) in [6.07, 6.45) is 7.73. The Morgan fingerprint density at radius 1 is 1.13 bits per heavy atom. The molecule has 23 heavy (non-hydrogen) atoms. The number of anilines is 1. The molecule has 4 heteroatoms. The summed E-state index contributed by atoms with van der Waals surface area (Å²) in [5, 5.41) is 0. The van der Waals surface area contributed by atoms with Gasteiger partial charge in [-0.05, 0) is 48.7 Å². The van der Waals surface area contributed by atoms with Crippen molar-refractivity contribution in [3.05, 3.63) is 59.9 Å². The van der Waals surface area contributed by atoms with E-state index in [1.54, 1.807) is 0 Å². The van der Waals surface area contributed by atoms with E-state index in [4.69, 9.17) is 0 Å². The zero-order valence-electron chi connectivity index (χ0n) is 14.0. The molecule has 1 aliphatic rings.